The second kappa shape index (κ2) is 9.36. The van der Waals surface area contributed by atoms with Crippen molar-refractivity contribution in [2.75, 3.05) is 19.0 Å². The molecule has 1 aliphatic rings. The minimum Gasteiger partial charge on any atom is -0.486 e. The molecule has 2 aromatic carbocycles. The van der Waals surface area contributed by atoms with Gasteiger partial charge in [-0.2, -0.15) is 5.10 Å². The fourth-order valence-electron chi connectivity index (χ4n) is 4.44. The molecule has 0 aliphatic carbocycles. The zero-order valence-electron chi connectivity index (χ0n) is 20.6. The minimum absolute atomic E-state index is 0.0198. The van der Waals surface area contributed by atoms with Gasteiger partial charge in [0.05, 0.1) is 22.5 Å². The number of ketones is 1. The molecule has 37 heavy (non-hydrogen) atoms. The van der Waals surface area contributed by atoms with E-state index in [1.807, 2.05) is 66.5 Å². The Labute approximate surface area is 217 Å². The molecule has 0 atom stereocenters. The van der Waals surface area contributed by atoms with Crippen molar-refractivity contribution in [3.05, 3.63) is 71.5 Å². The fraction of sp³-hybridized carbons (Fsp3) is 0.222. The third kappa shape index (κ3) is 4.23. The first-order chi connectivity index (χ1) is 18.0. The van der Waals surface area contributed by atoms with E-state index in [0.29, 0.717) is 41.3 Å². The van der Waals surface area contributed by atoms with Crippen molar-refractivity contribution in [2.45, 2.75) is 19.0 Å². The molecule has 0 bridgehead atoms. The van der Waals surface area contributed by atoms with Gasteiger partial charge in [-0.05, 0) is 50.2 Å². The average Bonchev–Trinajstić information content (AvgIpc) is 3.46. The molecule has 5 aromatic rings. The van der Waals surface area contributed by atoms with Gasteiger partial charge in [-0.25, -0.2) is 9.67 Å². The predicted molar refractivity (Wildman–Crippen MR) is 141 cm³/mol. The van der Waals surface area contributed by atoms with Gasteiger partial charge >= 0.3 is 0 Å². The second-order valence-electron chi connectivity index (χ2n) is 8.78. The first-order valence-corrected chi connectivity index (χ1v) is 12.9. The Kier molecular flexibility index (Phi) is 5.88. The van der Waals surface area contributed by atoms with Crippen LogP contribution in [0.1, 0.15) is 21.7 Å². The van der Waals surface area contributed by atoms with Crippen molar-refractivity contribution >= 4 is 28.6 Å². The van der Waals surface area contributed by atoms with Gasteiger partial charge in [0.15, 0.2) is 33.9 Å². The van der Waals surface area contributed by atoms with E-state index < -0.39 is 0 Å². The second-order valence-corrected chi connectivity index (χ2v) is 9.72. The summed E-state index contributed by atoms with van der Waals surface area (Å²) in [4.78, 5) is 17.7. The Bertz CT molecular complexity index is 1640. The molecule has 1 aliphatic heterocycles. The zero-order valence-corrected chi connectivity index (χ0v) is 21.5. The average molecular weight is 513 g/mol. The van der Waals surface area contributed by atoms with Crippen molar-refractivity contribution in [1.82, 2.24) is 29.5 Å². The molecule has 0 fully saturated rings. The number of fused-ring (bicyclic) bond motifs is 2. The summed E-state index contributed by atoms with van der Waals surface area (Å²) >= 11 is 1.35. The van der Waals surface area contributed by atoms with Crippen LogP contribution in [0.4, 0.5) is 0 Å². The minimum atomic E-state index is -0.0198. The molecule has 0 radical (unpaired) electrons. The third-order valence-corrected chi connectivity index (χ3v) is 7.23. The van der Waals surface area contributed by atoms with Crippen molar-refractivity contribution in [2.24, 2.45) is 7.05 Å². The van der Waals surface area contributed by atoms with Gasteiger partial charge in [-0.15, -0.1) is 10.2 Å². The molecule has 0 N–H and O–H groups in total. The van der Waals surface area contributed by atoms with Crippen LogP contribution in [0.25, 0.3) is 28.1 Å². The number of nitrogens with zero attached hydrogens (tertiary/aromatic N) is 6. The first-order valence-electron chi connectivity index (χ1n) is 11.9. The van der Waals surface area contributed by atoms with Crippen LogP contribution in [0.15, 0.2) is 59.8 Å². The summed E-state index contributed by atoms with van der Waals surface area (Å²) in [6.07, 6.45) is 0. The maximum absolute atomic E-state index is 12.9. The summed E-state index contributed by atoms with van der Waals surface area (Å²) in [6.45, 7) is 4.92. The van der Waals surface area contributed by atoms with E-state index in [9.17, 15) is 4.79 Å². The molecule has 9 nitrogen and oxygen atoms in total. The number of pyridine rings is 1. The number of Topliss-reactive ketones (excluding diaryl/α,β-unsaturated/α-hetero) is 1. The van der Waals surface area contributed by atoms with Crippen molar-refractivity contribution in [1.29, 1.82) is 0 Å². The number of rotatable bonds is 6. The summed E-state index contributed by atoms with van der Waals surface area (Å²) in [5.74, 6) is 2.17. The lowest BCUT2D eigenvalue weighted by Crippen LogP contribution is -2.16. The monoisotopic (exact) mass is 512 g/mol. The van der Waals surface area contributed by atoms with E-state index in [-0.39, 0.29) is 11.5 Å². The molecular formula is C27H24N6O3S. The van der Waals surface area contributed by atoms with Gasteiger partial charge < -0.3 is 14.0 Å². The van der Waals surface area contributed by atoms with Crippen LogP contribution in [-0.4, -0.2) is 54.3 Å². The normalized spacial score (nSPS) is 12.7. The molecule has 0 saturated carbocycles. The Morgan fingerprint density at radius 2 is 1.78 bits per heavy atom. The number of aromatic nitrogens is 6. The van der Waals surface area contributed by atoms with Crippen LogP contribution < -0.4 is 9.47 Å². The van der Waals surface area contributed by atoms with Crippen molar-refractivity contribution < 1.29 is 14.3 Å². The molecule has 4 heterocycles. The fourth-order valence-corrected chi connectivity index (χ4v) is 5.25. The Morgan fingerprint density at radius 1 is 1.00 bits per heavy atom. The predicted octanol–water partition coefficient (Wildman–Crippen LogP) is 4.58. The third-order valence-electron chi connectivity index (χ3n) is 6.21. The smallest absolute Gasteiger partial charge is 0.191 e. The molecule has 0 spiro atoms. The summed E-state index contributed by atoms with van der Waals surface area (Å²) in [6, 6.07) is 17.2. The van der Waals surface area contributed by atoms with Crippen LogP contribution in [0.2, 0.25) is 0 Å². The zero-order chi connectivity index (χ0) is 25.5. The van der Waals surface area contributed by atoms with Crippen LogP contribution >= 0.6 is 11.8 Å². The van der Waals surface area contributed by atoms with Gasteiger partial charge in [0.1, 0.15) is 13.2 Å². The molecule has 0 amide bonds. The lowest BCUT2D eigenvalue weighted by molar-refractivity contribution is 0.102. The van der Waals surface area contributed by atoms with Crippen LogP contribution in [0, 0.1) is 13.8 Å². The van der Waals surface area contributed by atoms with E-state index in [1.54, 1.807) is 18.2 Å². The molecule has 0 unspecified atom stereocenters. The molecule has 6 rings (SSSR count). The molecule has 0 saturated heterocycles. The molecule has 3 aromatic heterocycles. The van der Waals surface area contributed by atoms with E-state index in [4.69, 9.17) is 19.6 Å². The maximum Gasteiger partial charge on any atom is 0.191 e. The van der Waals surface area contributed by atoms with Gasteiger partial charge in [0.25, 0.3) is 0 Å². The van der Waals surface area contributed by atoms with E-state index >= 15 is 0 Å². The summed E-state index contributed by atoms with van der Waals surface area (Å²) in [5, 5.41) is 15.2. The number of carbonyl (C=O) groups excluding carboxylic acids is 1. The highest BCUT2D eigenvalue weighted by Crippen LogP contribution is 2.34. The van der Waals surface area contributed by atoms with Gasteiger partial charge in [-0.3, -0.25) is 4.79 Å². The maximum atomic E-state index is 12.9. The van der Waals surface area contributed by atoms with Gasteiger partial charge in [-0.1, -0.05) is 30.0 Å². The molecule has 10 heteroatoms. The van der Waals surface area contributed by atoms with Crippen LogP contribution in [0.3, 0.4) is 0 Å². The van der Waals surface area contributed by atoms with E-state index in [0.717, 1.165) is 33.7 Å². The molecule has 186 valence electrons. The lowest BCUT2D eigenvalue weighted by Gasteiger charge is -2.18. The number of ether oxygens (including phenoxy) is 2. The van der Waals surface area contributed by atoms with Crippen LogP contribution in [0.5, 0.6) is 11.5 Å². The SMILES string of the molecule is Cc1cc(-c2nnc(SCC(=O)c3ccc4c(c3)OCCO4)n2C)c2c(C)nn(-c3ccccc3)c2n1. The van der Waals surface area contributed by atoms with Gasteiger partial charge in [0.2, 0.25) is 0 Å². The summed E-state index contributed by atoms with van der Waals surface area (Å²) in [7, 11) is 1.91. The van der Waals surface area contributed by atoms with Crippen molar-refractivity contribution in [3.63, 3.8) is 0 Å². The highest BCUT2D eigenvalue weighted by molar-refractivity contribution is 7.99. The highest BCUT2D eigenvalue weighted by Gasteiger charge is 2.21. The number of benzene rings is 2. The summed E-state index contributed by atoms with van der Waals surface area (Å²) < 4.78 is 14.9. The molecular weight excluding hydrogens is 488 g/mol. The van der Waals surface area contributed by atoms with E-state index in [2.05, 4.69) is 10.2 Å². The largest absolute Gasteiger partial charge is 0.486 e. The number of hydrogen-bond donors (Lipinski definition) is 0. The lowest BCUT2D eigenvalue weighted by atomic mass is 10.1. The number of carbonyl (C=O) groups is 1. The Balaban J connectivity index is 1.30. The first kappa shape index (κ1) is 23.2. The highest BCUT2D eigenvalue weighted by atomic mass is 32.2. The van der Waals surface area contributed by atoms with E-state index in [1.165, 1.54) is 11.8 Å². The van der Waals surface area contributed by atoms with Gasteiger partial charge in [0, 0.05) is 23.9 Å². The Hall–Kier alpha value is -4.18. The standard InChI is InChI=1S/C27H24N6O3S/c1-16-13-20(24-17(2)31-33(26(24)28-16)19-7-5-4-6-8-19)25-29-30-27(32(25)3)37-15-21(34)18-9-10-22-23(14-18)36-12-11-35-22/h4-10,13-14H,11-12,15H2,1-3H3. The number of para-hydroxylation sites is 1. The quantitative estimate of drug-likeness (QED) is 0.241. The Morgan fingerprint density at radius 3 is 2.59 bits per heavy atom. The van der Waals surface area contributed by atoms with Crippen molar-refractivity contribution in [3.8, 4) is 28.6 Å². The topological polar surface area (TPSA) is 97.0 Å². The summed E-state index contributed by atoms with van der Waals surface area (Å²) in [5.41, 5.74) is 4.90. The van der Waals surface area contributed by atoms with Crippen LogP contribution in [-0.2, 0) is 7.05 Å². The number of aryl methyl sites for hydroxylation is 2. The number of thioether (sulfide) groups is 1. The number of hydrogen-bond acceptors (Lipinski definition) is 8.